The molecule has 1 unspecified atom stereocenters. The van der Waals surface area contributed by atoms with Crippen molar-refractivity contribution in [3.63, 3.8) is 0 Å². The van der Waals surface area contributed by atoms with E-state index in [4.69, 9.17) is 0 Å². The van der Waals surface area contributed by atoms with Crippen molar-refractivity contribution < 1.29 is 5.11 Å². The summed E-state index contributed by atoms with van der Waals surface area (Å²) < 4.78 is 1.15. The monoisotopic (exact) mass is 280 g/mol. The van der Waals surface area contributed by atoms with E-state index in [9.17, 15) is 5.11 Å². The molecule has 3 rings (SSSR count). The maximum absolute atomic E-state index is 10.4. The number of aliphatic hydroxyl groups excluding tert-OH is 1. The number of hydrogen-bond donors (Lipinski definition) is 1. The first-order chi connectivity index (χ1) is 7.72. The Morgan fingerprint density at radius 3 is 2.75 bits per heavy atom. The van der Waals surface area contributed by atoms with Crippen LogP contribution in [0.25, 0.3) is 0 Å². The second kappa shape index (κ2) is 3.85. The molecule has 0 bridgehead atoms. The van der Waals surface area contributed by atoms with Crippen molar-refractivity contribution >= 4 is 15.9 Å². The molecule has 2 heteroatoms. The van der Waals surface area contributed by atoms with Gasteiger partial charge in [0.15, 0.2) is 0 Å². The lowest BCUT2D eigenvalue weighted by Crippen LogP contribution is -2.41. The zero-order chi connectivity index (χ0) is 11.2. The molecule has 1 atom stereocenters. The van der Waals surface area contributed by atoms with E-state index in [0.717, 1.165) is 30.2 Å². The summed E-state index contributed by atoms with van der Waals surface area (Å²) in [6.07, 6.45) is 6.71. The molecule has 16 heavy (non-hydrogen) atoms. The van der Waals surface area contributed by atoms with Crippen LogP contribution in [0.15, 0.2) is 22.7 Å². The molecule has 0 aromatic heterocycles. The molecule has 1 spiro atoms. The third-order valence-electron chi connectivity index (χ3n) is 4.43. The van der Waals surface area contributed by atoms with E-state index in [0.29, 0.717) is 0 Å². The van der Waals surface area contributed by atoms with Gasteiger partial charge in [-0.1, -0.05) is 34.8 Å². The summed E-state index contributed by atoms with van der Waals surface area (Å²) in [5, 5.41) is 10.4. The number of aliphatic hydroxyl groups is 1. The van der Waals surface area contributed by atoms with Crippen LogP contribution >= 0.6 is 15.9 Å². The van der Waals surface area contributed by atoms with Gasteiger partial charge in [0, 0.05) is 9.89 Å². The summed E-state index contributed by atoms with van der Waals surface area (Å²) in [5.74, 6) is 0. The summed E-state index contributed by atoms with van der Waals surface area (Å²) in [5.41, 5.74) is 2.95. The van der Waals surface area contributed by atoms with Crippen LogP contribution in [0, 0.1) is 0 Å². The number of rotatable bonds is 0. The van der Waals surface area contributed by atoms with Crippen molar-refractivity contribution in [1.29, 1.82) is 0 Å². The lowest BCUT2D eigenvalue weighted by atomic mass is 9.67. The fraction of sp³-hybridized carbons (Fsp3) is 0.571. The van der Waals surface area contributed by atoms with Crippen LogP contribution in [0.3, 0.4) is 0 Å². The molecule has 0 radical (unpaired) electrons. The largest absolute Gasteiger partial charge is 0.392 e. The Morgan fingerprint density at radius 2 is 2.00 bits per heavy atom. The van der Waals surface area contributed by atoms with Crippen molar-refractivity contribution in [3.8, 4) is 0 Å². The van der Waals surface area contributed by atoms with Crippen LogP contribution in [0.1, 0.15) is 43.2 Å². The summed E-state index contributed by atoms with van der Waals surface area (Å²) in [7, 11) is 0. The first-order valence-corrected chi connectivity index (χ1v) is 6.99. The standard InChI is InChI=1S/C14H17BrO/c15-11-5-3-10-4-6-13(16)14(12(10)9-11)7-1-2-8-14/h3,5,9,13,16H,1-2,4,6-8H2. The minimum absolute atomic E-state index is 0.0807. The van der Waals surface area contributed by atoms with Crippen LogP contribution in [0.5, 0.6) is 0 Å². The van der Waals surface area contributed by atoms with E-state index in [1.807, 2.05) is 0 Å². The number of hydrogen-bond acceptors (Lipinski definition) is 1. The Balaban J connectivity index is 2.15. The average molecular weight is 281 g/mol. The van der Waals surface area contributed by atoms with E-state index < -0.39 is 0 Å². The molecule has 1 aromatic carbocycles. The molecule has 86 valence electrons. The second-order valence-corrected chi connectivity index (χ2v) is 6.13. The normalized spacial score (nSPS) is 27.0. The van der Waals surface area contributed by atoms with Crippen molar-refractivity contribution in [2.45, 2.75) is 50.0 Å². The summed E-state index contributed by atoms with van der Waals surface area (Å²) in [6.45, 7) is 0. The van der Waals surface area contributed by atoms with Gasteiger partial charge >= 0.3 is 0 Å². The van der Waals surface area contributed by atoms with Gasteiger partial charge in [0.1, 0.15) is 0 Å². The minimum atomic E-state index is -0.128. The molecule has 0 saturated heterocycles. The molecule has 1 fully saturated rings. The van der Waals surface area contributed by atoms with Gasteiger partial charge in [-0.25, -0.2) is 0 Å². The van der Waals surface area contributed by atoms with Gasteiger partial charge in [-0.15, -0.1) is 0 Å². The van der Waals surface area contributed by atoms with E-state index in [2.05, 4.69) is 34.1 Å². The van der Waals surface area contributed by atoms with Crippen molar-refractivity contribution in [2.24, 2.45) is 0 Å². The van der Waals surface area contributed by atoms with Gasteiger partial charge in [-0.05, 0) is 48.9 Å². The van der Waals surface area contributed by atoms with Crippen LogP contribution in [-0.4, -0.2) is 11.2 Å². The number of halogens is 1. The zero-order valence-electron chi connectivity index (χ0n) is 9.38. The Bertz CT molecular complexity index is 407. The molecule has 0 amide bonds. The Hall–Kier alpha value is -0.340. The van der Waals surface area contributed by atoms with Gasteiger partial charge in [-0.2, -0.15) is 0 Å². The van der Waals surface area contributed by atoms with Gasteiger partial charge < -0.3 is 5.11 Å². The highest BCUT2D eigenvalue weighted by molar-refractivity contribution is 9.10. The fourth-order valence-corrected chi connectivity index (χ4v) is 3.95. The quantitative estimate of drug-likeness (QED) is 0.770. The second-order valence-electron chi connectivity index (χ2n) is 5.22. The molecule has 2 aliphatic rings. The van der Waals surface area contributed by atoms with E-state index in [-0.39, 0.29) is 11.5 Å². The first kappa shape index (κ1) is 10.8. The van der Waals surface area contributed by atoms with Crippen molar-refractivity contribution in [2.75, 3.05) is 0 Å². The molecular formula is C14H17BrO. The number of benzene rings is 1. The zero-order valence-corrected chi connectivity index (χ0v) is 11.0. The van der Waals surface area contributed by atoms with Crippen LogP contribution in [-0.2, 0) is 11.8 Å². The molecule has 0 aliphatic heterocycles. The van der Waals surface area contributed by atoms with Crippen LogP contribution < -0.4 is 0 Å². The molecule has 1 N–H and O–H groups in total. The highest BCUT2D eigenvalue weighted by Gasteiger charge is 2.45. The van der Waals surface area contributed by atoms with E-state index in [1.165, 1.54) is 24.0 Å². The minimum Gasteiger partial charge on any atom is -0.392 e. The summed E-state index contributed by atoms with van der Waals surface area (Å²) >= 11 is 3.56. The van der Waals surface area contributed by atoms with Crippen LogP contribution in [0.2, 0.25) is 0 Å². The van der Waals surface area contributed by atoms with E-state index >= 15 is 0 Å². The Kier molecular flexibility index (Phi) is 2.60. The maximum Gasteiger partial charge on any atom is 0.0640 e. The third-order valence-corrected chi connectivity index (χ3v) is 4.92. The average Bonchev–Trinajstić information content (AvgIpc) is 2.75. The molecule has 1 nitrogen and oxygen atoms in total. The highest BCUT2D eigenvalue weighted by Crippen LogP contribution is 2.49. The molecule has 1 saturated carbocycles. The fourth-order valence-electron chi connectivity index (χ4n) is 3.59. The molecule has 0 heterocycles. The third kappa shape index (κ3) is 1.46. The lowest BCUT2D eigenvalue weighted by molar-refractivity contribution is 0.0661. The van der Waals surface area contributed by atoms with Crippen molar-refractivity contribution in [3.05, 3.63) is 33.8 Å². The SMILES string of the molecule is OC1CCc2ccc(Br)cc2C12CCCC2. The lowest BCUT2D eigenvalue weighted by Gasteiger charge is -2.40. The predicted molar refractivity (Wildman–Crippen MR) is 68.6 cm³/mol. The van der Waals surface area contributed by atoms with Gasteiger partial charge in [0.05, 0.1) is 6.10 Å². The van der Waals surface area contributed by atoms with Gasteiger partial charge in [-0.3, -0.25) is 0 Å². The van der Waals surface area contributed by atoms with Gasteiger partial charge in [0.25, 0.3) is 0 Å². The van der Waals surface area contributed by atoms with Crippen molar-refractivity contribution in [1.82, 2.24) is 0 Å². The van der Waals surface area contributed by atoms with Crippen LogP contribution in [0.4, 0.5) is 0 Å². The Morgan fingerprint density at radius 1 is 1.25 bits per heavy atom. The first-order valence-electron chi connectivity index (χ1n) is 6.19. The predicted octanol–water partition coefficient (Wildman–Crippen LogP) is 3.57. The molecule has 1 aromatic rings. The maximum atomic E-state index is 10.4. The summed E-state index contributed by atoms with van der Waals surface area (Å²) in [6, 6.07) is 6.59. The number of fused-ring (bicyclic) bond motifs is 2. The molecular weight excluding hydrogens is 264 g/mol. The Labute approximate surface area is 105 Å². The van der Waals surface area contributed by atoms with E-state index in [1.54, 1.807) is 0 Å². The highest BCUT2D eigenvalue weighted by atomic mass is 79.9. The smallest absolute Gasteiger partial charge is 0.0640 e. The van der Waals surface area contributed by atoms with Gasteiger partial charge in [0.2, 0.25) is 0 Å². The molecule has 2 aliphatic carbocycles. The summed E-state index contributed by atoms with van der Waals surface area (Å²) in [4.78, 5) is 0. The topological polar surface area (TPSA) is 20.2 Å². The number of aryl methyl sites for hydroxylation is 1.